The van der Waals surface area contributed by atoms with Gasteiger partial charge in [0.1, 0.15) is 37.1 Å². The monoisotopic (exact) mass is 623 g/mol. The zero-order valence-electron chi connectivity index (χ0n) is 27.7. The van der Waals surface area contributed by atoms with Crippen LogP contribution in [0.1, 0.15) is 64.5 Å². The van der Waals surface area contributed by atoms with Crippen molar-refractivity contribution < 1.29 is 19.0 Å². The number of hydrogen-bond donors (Lipinski definition) is 0. The molecule has 46 heavy (non-hydrogen) atoms. The topological polar surface area (TPSA) is 44.8 Å². The van der Waals surface area contributed by atoms with Gasteiger partial charge in [0.05, 0.1) is 5.30 Å². The summed E-state index contributed by atoms with van der Waals surface area (Å²) in [6, 6.07) is 38.1. The SMILES string of the molecule is Cc1cc(C(C)(C)C)cc(C)c1C(=O)Pc1c(OCc2ccccc2)cc(OCc2ccccc2)cc1OCc1ccccc1.[Li]. The van der Waals surface area contributed by atoms with Gasteiger partial charge in [-0.15, -0.1) is 0 Å². The van der Waals surface area contributed by atoms with Crippen LogP contribution in [0.15, 0.2) is 115 Å². The Morgan fingerprint density at radius 1 is 0.609 bits per heavy atom. The summed E-state index contributed by atoms with van der Waals surface area (Å²) >= 11 is 0. The second kappa shape index (κ2) is 16.2. The molecule has 0 N–H and O–H groups in total. The number of carbonyl (C=O) groups is 1. The maximum atomic E-state index is 14.1. The summed E-state index contributed by atoms with van der Waals surface area (Å²) in [7, 11) is -0.209. The van der Waals surface area contributed by atoms with Crippen LogP contribution in [0.5, 0.6) is 17.2 Å². The third kappa shape index (κ3) is 9.37. The van der Waals surface area contributed by atoms with Crippen molar-refractivity contribution in [3.63, 3.8) is 0 Å². The van der Waals surface area contributed by atoms with Gasteiger partial charge < -0.3 is 14.2 Å². The predicted molar refractivity (Wildman–Crippen MR) is 191 cm³/mol. The fourth-order valence-electron chi connectivity index (χ4n) is 5.14. The molecule has 231 valence electrons. The van der Waals surface area contributed by atoms with E-state index in [4.69, 9.17) is 14.2 Å². The summed E-state index contributed by atoms with van der Waals surface area (Å²) in [4.78, 5) is 14.1. The molecule has 4 nitrogen and oxygen atoms in total. The third-order valence-corrected chi connectivity index (χ3v) is 8.85. The first-order valence-corrected chi connectivity index (χ1v) is 16.3. The number of aryl methyl sites for hydroxylation is 2. The molecule has 0 fully saturated rings. The molecule has 5 aromatic carbocycles. The van der Waals surface area contributed by atoms with Crippen LogP contribution in [0.3, 0.4) is 0 Å². The van der Waals surface area contributed by atoms with Crippen molar-refractivity contribution in [2.45, 2.75) is 59.9 Å². The number of hydrogen-bond acceptors (Lipinski definition) is 4. The molecular formula is C40H41LiO4P. The Bertz CT molecular complexity index is 1650. The molecular weight excluding hydrogens is 582 g/mol. The van der Waals surface area contributed by atoms with Gasteiger partial charge in [-0.3, -0.25) is 4.79 Å². The third-order valence-electron chi connectivity index (χ3n) is 7.63. The molecule has 0 spiro atoms. The molecule has 1 atom stereocenters. The van der Waals surface area contributed by atoms with Gasteiger partial charge in [0.15, 0.2) is 5.52 Å². The zero-order chi connectivity index (χ0) is 31.8. The minimum Gasteiger partial charge on any atom is -0.489 e. The molecule has 5 aromatic rings. The fourth-order valence-corrected chi connectivity index (χ4v) is 6.42. The van der Waals surface area contributed by atoms with Crippen LogP contribution in [0.25, 0.3) is 0 Å². The van der Waals surface area contributed by atoms with E-state index in [1.54, 1.807) is 0 Å². The van der Waals surface area contributed by atoms with E-state index in [2.05, 4.69) is 32.9 Å². The predicted octanol–water partition coefficient (Wildman–Crippen LogP) is 9.10. The maximum Gasteiger partial charge on any atom is 0.186 e. The van der Waals surface area contributed by atoms with E-state index in [1.165, 1.54) is 5.56 Å². The molecule has 0 aliphatic carbocycles. The first kappa shape index (κ1) is 35.1. The molecule has 1 unspecified atom stereocenters. The summed E-state index contributed by atoms with van der Waals surface area (Å²) in [5.74, 6) is 1.79. The molecule has 0 saturated heterocycles. The van der Waals surface area contributed by atoms with E-state index >= 15 is 0 Å². The van der Waals surface area contributed by atoms with Crippen LogP contribution < -0.4 is 19.5 Å². The summed E-state index contributed by atoms with van der Waals surface area (Å²) in [5.41, 5.74) is 7.11. The summed E-state index contributed by atoms with van der Waals surface area (Å²) in [5, 5.41) is 0.734. The first-order valence-electron chi connectivity index (χ1n) is 15.3. The molecule has 0 aliphatic rings. The Labute approximate surface area is 287 Å². The Hall–Kier alpha value is -3.80. The molecule has 0 bridgehead atoms. The van der Waals surface area contributed by atoms with Crippen LogP contribution in [-0.4, -0.2) is 24.4 Å². The minimum absolute atomic E-state index is 0. The van der Waals surface area contributed by atoms with E-state index in [-0.39, 0.29) is 38.4 Å². The van der Waals surface area contributed by atoms with Crippen LogP contribution in [0.4, 0.5) is 0 Å². The van der Waals surface area contributed by atoms with E-state index < -0.39 is 0 Å². The van der Waals surface area contributed by atoms with Crippen molar-refractivity contribution in [1.82, 2.24) is 0 Å². The quantitative estimate of drug-likeness (QED) is 0.103. The standard InChI is InChI=1S/C40H41O4P.Li/c1-28-21-33(40(3,4)5)22-29(2)37(28)39(41)45-38-35(43-26-31-17-11-7-12-18-31)23-34(42-25-30-15-9-6-10-16-30)24-36(38)44-27-32-19-13-8-14-20-32;/h6-24,45H,25-27H2,1-5H3;. The maximum absolute atomic E-state index is 14.1. The van der Waals surface area contributed by atoms with Crippen molar-refractivity contribution in [1.29, 1.82) is 0 Å². The molecule has 1 radical (unpaired) electrons. The van der Waals surface area contributed by atoms with Gasteiger partial charge in [-0.25, -0.2) is 0 Å². The van der Waals surface area contributed by atoms with Crippen LogP contribution >= 0.6 is 8.58 Å². The molecule has 0 heterocycles. The molecule has 0 aliphatic heterocycles. The largest absolute Gasteiger partial charge is 0.489 e. The van der Waals surface area contributed by atoms with Gasteiger partial charge in [0.2, 0.25) is 0 Å². The van der Waals surface area contributed by atoms with Gasteiger partial charge >= 0.3 is 0 Å². The van der Waals surface area contributed by atoms with Crippen LogP contribution in [-0.2, 0) is 25.2 Å². The van der Waals surface area contributed by atoms with Gasteiger partial charge in [-0.05, 0) is 61.2 Å². The smallest absolute Gasteiger partial charge is 0.186 e. The van der Waals surface area contributed by atoms with Gasteiger partial charge in [0, 0.05) is 36.6 Å². The number of benzene rings is 5. The van der Waals surface area contributed by atoms with Crippen molar-refractivity contribution >= 4 is 38.3 Å². The van der Waals surface area contributed by atoms with Gasteiger partial charge in [-0.2, -0.15) is 0 Å². The second-order valence-corrected chi connectivity index (χ2v) is 13.5. The van der Waals surface area contributed by atoms with Crippen LogP contribution in [0.2, 0.25) is 0 Å². The van der Waals surface area contributed by atoms with E-state index in [1.807, 2.05) is 117 Å². The van der Waals surface area contributed by atoms with Crippen molar-refractivity contribution in [3.8, 4) is 17.2 Å². The molecule has 6 heteroatoms. The number of ether oxygens (including phenoxy) is 3. The Morgan fingerprint density at radius 3 is 1.39 bits per heavy atom. The number of carbonyl (C=O) groups excluding carboxylic acids is 1. The van der Waals surface area contributed by atoms with Crippen molar-refractivity contribution in [2.75, 3.05) is 0 Å². The zero-order valence-corrected chi connectivity index (χ0v) is 28.7. The van der Waals surface area contributed by atoms with E-state index in [9.17, 15) is 4.79 Å². The van der Waals surface area contributed by atoms with E-state index in [0.29, 0.717) is 37.1 Å². The van der Waals surface area contributed by atoms with E-state index in [0.717, 1.165) is 38.7 Å². The average molecular weight is 624 g/mol. The second-order valence-electron chi connectivity index (χ2n) is 12.3. The van der Waals surface area contributed by atoms with Crippen LogP contribution in [0, 0.1) is 13.8 Å². The summed E-state index contributed by atoms with van der Waals surface area (Å²) < 4.78 is 19.2. The van der Waals surface area contributed by atoms with Gasteiger partial charge in [0.25, 0.3) is 0 Å². The minimum atomic E-state index is -0.209. The fraction of sp³-hybridized carbons (Fsp3) is 0.225. The van der Waals surface area contributed by atoms with Crippen molar-refractivity contribution in [2.24, 2.45) is 0 Å². The Morgan fingerprint density at radius 2 is 1.00 bits per heavy atom. The molecule has 0 amide bonds. The first-order chi connectivity index (χ1) is 21.7. The molecule has 0 aromatic heterocycles. The average Bonchev–Trinajstić information content (AvgIpc) is 3.03. The Balaban J connectivity index is 0.00000480. The normalized spacial score (nSPS) is 11.2. The summed E-state index contributed by atoms with van der Waals surface area (Å²) in [6.07, 6.45) is 0. The van der Waals surface area contributed by atoms with Crippen molar-refractivity contribution in [3.05, 3.63) is 154 Å². The molecule has 0 saturated carbocycles. The Kier molecular flexibility index (Phi) is 12.3. The summed E-state index contributed by atoms with van der Waals surface area (Å²) in [6.45, 7) is 11.7. The molecule has 5 rings (SSSR count). The van der Waals surface area contributed by atoms with Gasteiger partial charge in [-0.1, -0.05) is 124 Å². The number of rotatable bonds is 12.